The first-order valence-corrected chi connectivity index (χ1v) is 6.48. The number of hydrogen-bond donors (Lipinski definition) is 0. The molecule has 0 heterocycles. The summed E-state index contributed by atoms with van der Waals surface area (Å²) in [7, 11) is 0. The van der Waals surface area contributed by atoms with Gasteiger partial charge in [-0.25, -0.2) is 0 Å². The van der Waals surface area contributed by atoms with Crippen molar-refractivity contribution in [3.05, 3.63) is 0 Å². The Labute approximate surface area is 88.1 Å². The normalized spacial score (nSPS) is 22.6. The van der Waals surface area contributed by atoms with Crippen LogP contribution in [0.25, 0.3) is 0 Å². The average molecular weight is 203 g/mol. The van der Waals surface area contributed by atoms with Crippen molar-refractivity contribution in [1.29, 1.82) is 0 Å². The second-order valence-electron chi connectivity index (χ2n) is 4.45. The zero-order valence-corrected chi connectivity index (χ0v) is 9.65. The van der Waals surface area contributed by atoms with Gasteiger partial charge in [0.05, 0.1) is 0 Å². The number of hydrogen-bond acceptors (Lipinski definition) is 0. The van der Waals surface area contributed by atoms with Gasteiger partial charge in [0.1, 0.15) is 0 Å². The lowest BCUT2D eigenvalue weighted by Gasteiger charge is -2.23. The van der Waals surface area contributed by atoms with E-state index in [1.54, 1.807) is 0 Å². The molecule has 1 heteroatoms. The molecule has 0 amide bonds. The quantitative estimate of drug-likeness (QED) is 0.461. The molecule has 0 saturated heterocycles. The number of rotatable bonds is 4. The van der Waals surface area contributed by atoms with Crippen molar-refractivity contribution in [3.63, 3.8) is 0 Å². The first-order chi connectivity index (χ1) is 6.38. The summed E-state index contributed by atoms with van der Waals surface area (Å²) in [6.45, 7) is 2.27. The van der Waals surface area contributed by atoms with E-state index < -0.39 is 0 Å². The van der Waals surface area contributed by atoms with Gasteiger partial charge in [-0.15, -0.1) is 11.6 Å². The summed E-state index contributed by atoms with van der Waals surface area (Å²) in [5, 5.41) is 0. The molecule has 1 saturated carbocycles. The highest BCUT2D eigenvalue weighted by Gasteiger charge is 2.20. The zero-order valence-electron chi connectivity index (χ0n) is 8.90. The van der Waals surface area contributed by atoms with Gasteiger partial charge in [-0.05, 0) is 18.3 Å². The van der Waals surface area contributed by atoms with Crippen LogP contribution in [0.1, 0.15) is 58.3 Å². The fourth-order valence-corrected chi connectivity index (χ4v) is 3.00. The lowest BCUT2D eigenvalue weighted by atomic mass is 9.84. The predicted octanol–water partition coefficient (Wildman–Crippen LogP) is 4.61. The van der Waals surface area contributed by atoms with Gasteiger partial charge in [-0.3, -0.25) is 0 Å². The van der Waals surface area contributed by atoms with Crippen molar-refractivity contribution in [1.82, 2.24) is 0 Å². The first kappa shape index (κ1) is 11.4. The van der Waals surface area contributed by atoms with E-state index in [0.717, 1.165) is 17.7 Å². The maximum atomic E-state index is 6.03. The predicted molar refractivity (Wildman–Crippen MR) is 60.3 cm³/mol. The highest BCUT2D eigenvalue weighted by Crippen LogP contribution is 2.32. The third kappa shape index (κ3) is 3.89. The molecule has 78 valence electrons. The van der Waals surface area contributed by atoms with E-state index in [9.17, 15) is 0 Å². The van der Waals surface area contributed by atoms with Gasteiger partial charge >= 0.3 is 0 Å². The Morgan fingerprint density at radius 2 is 1.77 bits per heavy atom. The van der Waals surface area contributed by atoms with Crippen molar-refractivity contribution in [2.24, 2.45) is 11.8 Å². The van der Waals surface area contributed by atoms with Crippen LogP contribution in [0.2, 0.25) is 0 Å². The van der Waals surface area contributed by atoms with Crippen molar-refractivity contribution in [3.8, 4) is 0 Å². The van der Waals surface area contributed by atoms with Crippen molar-refractivity contribution in [2.75, 3.05) is 5.88 Å². The second-order valence-corrected chi connectivity index (χ2v) is 4.76. The number of halogens is 1. The van der Waals surface area contributed by atoms with E-state index in [-0.39, 0.29) is 0 Å². The van der Waals surface area contributed by atoms with Crippen molar-refractivity contribution in [2.45, 2.75) is 58.3 Å². The lowest BCUT2D eigenvalue weighted by Crippen LogP contribution is -2.15. The maximum absolute atomic E-state index is 6.03. The molecule has 1 aliphatic rings. The molecule has 0 aromatic heterocycles. The molecule has 0 N–H and O–H groups in total. The molecular weight excluding hydrogens is 180 g/mol. The minimum atomic E-state index is 0.810. The van der Waals surface area contributed by atoms with E-state index >= 15 is 0 Å². The Kier molecular flexibility index (Phi) is 5.86. The third-order valence-electron chi connectivity index (χ3n) is 3.42. The Morgan fingerprint density at radius 1 is 1.15 bits per heavy atom. The molecule has 0 nitrogen and oxygen atoms in total. The first-order valence-electron chi connectivity index (χ1n) is 5.94. The molecule has 0 aromatic carbocycles. The van der Waals surface area contributed by atoms with E-state index in [4.69, 9.17) is 11.6 Å². The van der Waals surface area contributed by atoms with Crippen LogP contribution >= 0.6 is 11.6 Å². The fourth-order valence-electron chi connectivity index (χ4n) is 2.59. The fraction of sp³-hybridized carbons (Fsp3) is 1.00. The molecule has 1 atom stereocenters. The molecule has 1 fully saturated rings. The minimum Gasteiger partial charge on any atom is -0.126 e. The van der Waals surface area contributed by atoms with E-state index in [2.05, 4.69) is 6.92 Å². The lowest BCUT2D eigenvalue weighted by molar-refractivity contribution is 0.305. The standard InChI is InChI=1S/C12H23Cl/c1-2-7-12(10-13)11-8-5-3-4-6-9-11/h11-12H,2-10H2,1H3. The van der Waals surface area contributed by atoms with Crippen LogP contribution in [0.15, 0.2) is 0 Å². The smallest absolute Gasteiger partial charge is 0.0254 e. The molecule has 0 spiro atoms. The number of alkyl halides is 1. The Bertz CT molecular complexity index is 114. The monoisotopic (exact) mass is 202 g/mol. The highest BCUT2D eigenvalue weighted by molar-refractivity contribution is 6.18. The van der Waals surface area contributed by atoms with E-state index in [1.807, 2.05) is 0 Å². The maximum Gasteiger partial charge on any atom is 0.0254 e. The summed E-state index contributed by atoms with van der Waals surface area (Å²) < 4.78 is 0. The van der Waals surface area contributed by atoms with Crippen LogP contribution in [0.5, 0.6) is 0 Å². The van der Waals surface area contributed by atoms with Gasteiger partial charge in [0.25, 0.3) is 0 Å². The van der Waals surface area contributed by atoms with E-state index in [1.165, 1.54) is 51.4 Å². The van der Waals surface area contributed by atoms with E-state index in [0.29, 0.717) is 0 Å². The molecule has 1 aliphatic carbocycles. The van der Waals surface area contributed by atoms with Gasteiger partial charge in [-0.1, -0.05) is 51.9 Å². The summed E-state index contributed by atoms with van der Waals surface area (Å²) in [6, 6.07) is 0. The SMILES string of the molecule is CCCC(CCl)C1CCCCCC1. The molecule has 1 unspecified atom stereocenters. The second kappa shape index (κ2) is 6.70. The zero-order chi connectivity index (χ0) is 9.52. The van der Waals surface area contributed by atoms with Gasteiger partial charge in [0.15, 0.2) is 0 Å². The molecule has 1 rings (SSSR count). The summed E-state index contributed by atoms with van der Waals surface area (Å²) in [4.78, 5) is 0. The van der Waals surface area contributed by atoms with Gasteiger partial charge in [-0.2, -0.15) is 0 Å². The molecule has 13 heavy (non-hydrogen) atoms. The van der Waals surface area contributed by atoms with Gasteiger partial charge in [0.2, 0.25) is 0 Å². The Balaban J connectivity index is 2.35. The topological polar surface area (TPSA) is 0 Å². The third-order valence-corrected chi connectivity index (χ3v) is 3.82. The van der Waals surface area contributed by atoms with Gasteiger partial charge < -0.3 is 0 Å². The summed E-state index contributed by atoms with van der Waals surface area (Å²) in [6.07, 6.45) is 11.3. The highest BCUT2D eigenvalue weighted by atomic mass is 35.5. The van der Waals surface area contributed by atoms with Gasteiger partial charge in [0, 0.05) is 5.88 Å². The van der Waals surface area contributed by atoms with Crippen LogP contribution < -0.4 is 0 Å². The molecule has 0 bridgehead atoms. The van der Waals surface area contributed by atoms with Crippen LogP contribution in [0.3, 0.4) is 0 Å². The Hall–Kier alpha value is 0.290. The summed E-state index contributed by atoms with van der Waals surface area (Å²) in [5.41, 5.74) is 0. The van der Waals surface area contributed by atoms with Crippen LogP contribution in [0.4, 0.5) is 0 Å². The van der Waals surface area contributed by atoms with Crippen LogP contribution in [-0.4, -0.2) is 5.88 Å². The summed E-state index contributed by atoms with van der Waals surface area (Å²) in [5.74, 6) is 2.64. The van der Waals surface area contributed by atoms with Crippen molar-refractivity contribution >= 4 is 11.6 Å². The molecule has 0 aliphatic heterocycles. The molecular formula is C12H23Cl. The molecule has 0 aromatic rings. The van der Waals surface area contributed by atoms with Crippen molar-refractivity contribution < 1.29 is 0 Å². The molecule has 0 radical (unpaired) electrons. The van der Waals surface area contributed by atoms with Crippen LogP contribution in [-0.2, 0) is 0 Å². The Morgan fingerprint density at radius 3 is 2.23 bits per heavy atom. The largest absolute Gasteiger partial charge is 0.126 e. The minimum absolute atomic E-state index is 0.810. The van der Waals surface area contributed by atoms with Crippen LogP contribution in [0, 0.1) is 11.8 Å². The average Bonchev–Trinajstić information content (AvgIpc) is 2.42. The summed E-state index contributed by atoms with van der Waals surface area (Å²) >= 11 is 6.03.